The molecule has 8 N–H and O–H groups in total. The van der Waals surface area contributed by atoms with Crippen LogP contribution in [-0.4, -0.2) is 81.7 Å². The minimum atomic E-state index is -0.978. The van der Waals surface area contributed by atoms with Crippen molar-refractivity contribution in [1.82, 2.24) is 40.2 Å². The monoisotopic (exact) mass is 1460 g/mol. The summed E-state index contributed by atoms with van der Waals surface area (Å²) < 4.78 is 45.3. The number of hydrogen-bond donors (Lipinski definition) is 6. The van der Waals surface area contributed by atoms with E-state index in [0.29, 0.717) is 57.4 Å². The number of nitrogens with one attached hydrogen (secondary N) is 4. The Morgan fingerprint density at radius 2 is 0.978 bits per heavy atom. The molecule has 4 aromatic heterocycles. The third-order valence-electron chi connectivity index (χ3n) is 11.5. The third kappa shape index (κ3) is 23.4. The number of aromatic nitrogens is 6. The summed E-state index contributed by atoms with van der Waals surface area (Å²) in [4.78, 5) is 67.8. The summed E-state index contributed by atoms with van der Waals surface area (Å²) in [6.45, 7) is 12.3. The van der Waals surface area contributed by atoms with E-state index < -0.39 is 16.4 Å². The van der Waals surface area contributed by atoms with Crippen molar-refractivity contribution in [3.05, 3.63) is 215 Å². The largest absolute Gasteiger partial charge is 0.457 e. The average molecular weight is 1460 g/mol. The van der Waals surface area contributed by atoms with Crippen molar-refractivity contribution >= 4 is 109 Å². The van der Waals surface area contributed by atoms with Gasteiger partial charge in [0.15, 0.2) is 0 Å². The van der Waals surface area contributed by atoms with Crippen molar-refractivity contribution < 1.29 is 47.1 Å². The molecule has 0 aliphatic carbocycles. The van der Waals surface area contributed by atoms with Crippen LogP contribution < -0.4 is 46.9 Å². The van der Waals surface area contributed by atoms with Crippen molar-refractivity contribution in [2.24, 2.45) is 0 Å². The molecular weight excluding hydrogens is 1400 g/mol. The lowest BCUT2D eigenvalue weighted by atomic mass is 9.92. The Labute approximate surface area is 545 Å². The van der Waals surface area contributed by atoms with Crippen LogP contribution in [0.15, 0.2) is 170 Å². The van der Waals surface area contributed by atoms with Crippen molar-refractivity contribution in [3.63, 3.8) is 0 Å². The normalized spacial score (nSPS) is 10.3. The fraction of sp³-hybridized carbons (Fsp3) is 0.194. The van der Waals surface area contributed by atoms with Crippen molar-refractivity contribution in [1.29, 1.82) is 0 Å². The number of ether oxygens (including phenoxy) is 3. The number of nitro benzene ring substituents is 1. The summed E-state index contributed by atoms with van der Waals surface area (Å²) in [6.07, 6.45) is 3.01. The van der Waals surface area contributed by atoms with E-state index in [1.165, 1.54) is 74.0 Å². The smallest absolute Gasteiger partial charge is 0.409 e. The fourth-order valence-corrected chi connectivity index (χ4v) is 7.13. The van der Waals surface area contributed by atoms with Crippen LogP contribution >= 0.6 is 56.8 Å². The second kappa shape index (κ2) is 34.9. The van der Waals surface area contributed by atoms with E-state index in [-0.39, 0.29) is 51.4 Å². The van der Waals surface area contributed by atoms with E-state index in [0.717, 1.165) is 17.1 Å². The number of carbonyl (C=O) groups excluding carboxylic acids is 4. The number of alkyl halides is 2. The molecule has 0 saturated carbocycles. The molecule has 22 nitrogen and oxygen atoms in total. The number of anilines is 4. The molecule has 0 saturated heterocycles. The molecule has 0 radical (unpaired) electrons. The highest BCUT2D eigenvalue weighted by Gasteiger charge is 2.23. The topological polar surface area (TPSA) is 301 Å². The van der Waals surface area contributed by atoms with Crippen LogP contribution in [0.3, 0.4) is 0 Å². The highest BCUT2D eigenvalue weighted by molar-refractivity contribution is 14.1. The number of pyridine rings is 2. The van der Waals surface area contributed by atoms with Gasteiger partial charge in [0.1, 0.15) is 63.4 Å². The summed E-state index contributed by atoms with van der Waals surface area (Å²) in [6, 6.07) is 40.4. The van der Waals surface area contributed by atoms with Gasteiger partial charge in [-0.05, 0) is 131 Å². The van der Waals surface area contributed by atoms with E-state index in [9.17, 15) is 38.1 Å². The lowest BCUT2D eigenvalue weighted by Crippen LogP contribution is -2.21. The zero-order chi connectivity index (χ0) is 66.0. The van der Waals surface area contributed by atoms with Gasteiger partial charge in [-0.2, -0.15) is 10.2 Å². The van der Waals surface area contributed by atoms with Gasteiger partial charge in [-0.25, -0.2) is 27.7 Å². The Morgan fingerprint density at radius 3 is 1.39 bits per heavy atom. The highest BCUT2D eigenvalue weighted by atomic mass is 127. The van der Waals surface area contributed by atoms with Crippen molar-refractivity contribution in [2.75, 3.05) is 46.1 Å². The Kier molecular flexibility index (Phi) is 28.3. The fourth-order valence-electron chi connectivity index (χ4n) is 7.04. The lowest BCUT2D eigenvalue weighted by Gasteiger charge is -2.14. The molecule has 5 aromatic carbocycles. The van der Waals surface area contributed by atoms with Gasteiger partial charge in [-0.15, -0.1) is 0 Å². The van der Waals surface area contributed by atoms with E-state index >= 15 is 0 Å². The van der Waals surface area contributed by atoms with Crippen LogP contribution in [0.1, 0.15) is 73.9 Å². The number of hydrogen-bond acceptors (Lipinski definition) is 15. The Balaban J connectivity index is 0.000000272. The minimum absolute atomic E-state index is 0.0562. The van der Waals surface area contributed by atoms with Gasteiger partial charge < -0.3 is 41.6 Å². The molecule has 4 amide bonds. The Bertz CT molecular complexity index is 3760. The molecular formula is C62H66ClF2I2N13O9. The zero-order valence-corrected chi connectivity index (χ0v) is 55.1. The molecule has 0 unspecified atom stereocenters. The SMILES string of the molecule is CC(C)(C)c1cc(N)n(-c2ccc(F)cc2)n1.CI.CI.CNC(=O)c1cc(Oc2ccc(N)cc2)ccn1.CNC(=O)c1cc(Oc2ccc(NC(=O)Nc3cc(C(C)(C)C)nn3-c3ccc(F)cc3)cc2)ccn1.O=C(Cl)Oc1ccc([N+](=O)[O-])cc1. The first-order chi connectivity index (χ1) is 42.3. The molecule has 9 rings (SSSR count). The van der Waals surface area contributed by atoms with Crippen LogP contribution in [0, 0.1) is 21.7 Å². The van der Waals surface area contributed by atoms with Crippen LogP contribution in [0.25, 0.3) is 11.4 Å². The number of urea groups is 1. The highest BCUT2D eigenvalue weighted by Crippen LogP contribution is 2.29. The number of amides is 4. The number of nitro groups is 1. The Hall–Kier alpha value is -9.29. The summed E-state index contributed by atoms with van der Waals surface area (Å²) in [5.74, 6) is 2.15. The van der Waals surface area contributed by atoms with Gasteiger partial charge in [0, 0.05) is 96.7 Å². The summed E-state index contributed by atoms with van der Waals surface area (Å²) >= 11 is 9.22. The van der Waals surface area contributed by atoms with Gasteiger partial charge in [-0.1, -0.05) is 86.7 Å². The van der Waals surface area contributed by atoms with Gasteiger partial charge in [0.05, 0.1) is 27.7 Å². The maximum absolute atomic E-state index is 13.4. The molecule has 4 heterocycles. The van der Waals surface area contributed by atoms with Crippen LogP contribution in [0.4, 0.5) is 47.1 Å². The van der Waals surface area contributed by atoms with Crippen molar-refractivity contribution in [2.45, 2.75) is 52.4 Å². The standard InChI is InChI=1S/C27H27FN6O3.C13H16FN3.C13H13N3O2.C7H4ClNO4.2CH3I/c1-27(2,3)23-16-24(34(33-23)19-9-5-17(28)6-10-19)32-26(36)31-18-7-11-20(12-8-18)37-21-13-14-30-22(15-21)25(35)29-4;1-13(2,3)11-8-12(15)17(16-11)10-6-4-9(14)5-7-10;1-15-13(17)12-8-11(6-7-16-12)18-10-4-2-9(14)3-5-10;8-7(10)13-6-3-1-5(2-4-6)9(11)12;2*1-2/h5-16H,1-4H3,(H,29,35)(H2,31,32,36);4-8H,15H2,1-3H3;2-8H,14H2,1H3,(H,15,17);1-4H;2*1H3. The molecule has 89 heavy (non-hydrogen) atoms. The van der Waals surface area contributed by atoms with Crippen LogP contribution in [0.5, 0.6) is 28.7 Å². The second-order valence-corrected chi connectivity index (χ2v) is 20.3. The molecule has 0 aliphatic rings. The number of rotatable bonds is 12. The number of nitrogens with two attached hydrogens (primary N) is 2. The molecule has 27 heteroatoms. The number of nitrogen functional groups attached to an aromatic ring is 2. The van der Waals surface area contributed by atoms with Crippen molar-refractivity contribution in [3.8, 4) is 40.1 Å². The van der Waals surface area contributed by atoms with E-state index in [4.69, 9.17) is 32.5 Å². The molecule has 0 aliphatic heterocycles. The third-order valence-corrected chi connectivity index (χ3v) is 11.5. The number of halogens is 5. The van der Waals surface area contributed by atoms with Crippen LogP contribution in [0.2, 0.25) is 0 Å². The molecule has 0 atom stereocenters. The average Bonchev–Trinajstić information content (AvgIpc) is 2.06. The molecule has 9 aromatic rings. The summed E-state index contributed by atoms with van der Waals surface area (Å²) in [5, 5.41) is 29.9. The maximum Gasteiger partial charge on any atom is 0.409 e. The number of non-ortho nitro benzene ring substituents is 1. The molecule has 0 spiro atoms. The number of nitrogens with zero attached hydrogens (tertiary/aromatic N) is 7. The first-order valence-electron chi connectivity index (χ1n) is 26.4. The molecule has 0 fully saturated rings. The number of benzene rings is 5. The van der Waals surface area contributed by atoms with Gasteiger partial charge in [0.2, 0.25) is 0 Å². The Morgan fingerprint density at radius 1 is 0.562 bits per heavy atom. The zero-order valence-electron chi connectivity index (χ0n) is 50.0. The molecule has 0 bridgehead atoms. The predicted octanol–water partition coefficient (Wildman–Crippen LogP) is 14.6. The minimum Gasteiger partial charge on any atom is -0.457 e. The predicted molar refractivity (Wildman–Crippen MR) is 359 cm³/mol. The molecule has 468 valence electrons. The lowest BCUT2D eigenvalue weighted by molar-refractivity contribution is -0.384. The van der Waals surface area contributed by atoms with E-state index in [2.05, 4.69) is 112 Å². The van der Waals surface area contributed by atoms with E-state index in [1.54, 1.807) is 113 Å². The number of carbonyl (C=O) groups is 4. The van der Waals surface area contributed by atoms with Gasteiger partial charge in [0.25, 0.3) is 17.5 Å². The van der Waals surface area contributed by atoms with Gasteiger partial charge in [-0.3, -0.25) is 35.0 Å². The van der Waals surface area contributed by atoms with Crippen LogP contribution in [-0.2, 0) is 10.8 Å². The first kappa shape index (κ1) is 72.2. The van der Waals surface area contributed by atoms with Gasteiger partial charge >= 0.3 is 11.5 Å². The first-order valence-corrected chi connectivity index (χ1v) is 31.1. The summed E-state index contributed by atoms with van der Waals surface area (Å²) in [7, 11) is 3.08. The summed E-state index contributed by atoms with van der Waals surface area (Å²) in [5.41, 5.74) is 14.9. The quantitative estimate of drug-likeness (QED) is 0.0165. The maximum atomic E-state index is 13.4. The van der Waals surface area contributed by atoms with E-state index in [1.807, 2.05) is 36.7 Å². The second-order valence-electron chi connectivity index (χ2n) is 20.0.